The standard InChI is InChI=1S/C20H17F5N2O2/c21-14-6-5-13(17(22)10-14)12-27-19-11-15(29-20(23,24)25)7-8-16(19)18(26-27)4-2-1-3-9-28/h2,4-8,10-11,28H,1,3,9,12H2. The van der Waals surface area contributed by atoms with Crippen molar-refractivity contribution in [1.29, 1.82) is 0 Å². The molecule has 2 aromatic carbocycles. The van der Waals surface area contributed by atoms with E-state index in [-0.39, 0.29) is 18.7 Å². The van der Waals surface area contributed by atoms with E-state index in [1.807, 2.05) is 0 Å². The SMILES string of the molecule is OCCCC=Cc1nn(Cc2ccc(F)cc2F)c2cc(OC(F)(F)F)ccc12. The quantitative estimate of drug-likeness (QED) is 0.437. The number of rotatable bonds is 7. The average molecular weight is 412 g/mol. The number of hydrogen-bond donors (Lipinski definition) is 1. The van der Waals surface area contributed by atoms with Crippen molar-refractivity contribution in [2.75, 3.05) is 6.61 Å². The van der Waals surface area contributed by atoms with Crippen LogP contribution in [0.3, 0.4) is 0 Å². The molecule has 0 amide bonds. The number of allylic oxidation sites excluding steroid dienone is 1. The Labute approximate surface area is 162 Å². The topological polar surface area (TPSA) is 47.3 Å². The van der Waals surface area contributed by atoms with Gasteiger partial charge < -0.3 is 9.84 Å². The fourth-order valence-corrected chi connectivity index (χ4v) is 2.84. The third-order valence-corrected chi connectivity index (χ3v) is 4.13. The molecule has 0 aliphatic carbocycles. The lowest BCUT2D eigenvalue weighted by molar-refractivity contribution is -0.274. The first-order chi connectivity index (χ1) is 13.8. The zero-order valence-electron chi connectivity index (χ0n) is 15.1. The van der Waals surface area contributed by atoms with Crippen LogP contribution >= 0.6 is 0 Å². The lowest BCUT2D eigenvalue weighted by atomic mass is 10.1. The van der Waals surface area contributed by atoms with Gasteiger partial charge in [0, 0.05) is 29.7 Å². The van der Waals surface area contributed by atoms with E-state index in [0.717, 1.165) is 12.1 Å². The molecule has 3 aromatic rings. The minimum Gasteiger partial charge on any atom is -0.406 e. The van der Waals surface area contributed by atoms with E-state index in [1.165, 1.54) is 28.9 Å². The Bertz CT molecular complexity index is 1030. The first-order valence-electron chi connectivity index (χ1n) is 8.74. The molecular formula is C20H17F5N2O2. The summed E-state index contributed by atoms with van der Waals surface area (Å²) in [6.07, 6.45) is -0.248. The Kier molecular flexibility index (Phi) is 6.17. The van der Waals surface area contributed by atoms with Crippen molar-refractivity contribution < 1.29 is 31.8 Å². The van der Waals surface area contributed by atoms with E-state index >= 15 is 0 Å². The van der Waals surface area contributed by atoms with Crippen LogP contribution in [0.25, 0.3) is 17.0 Å². The van der Waals surface area contributed by atoms with Gasteiger partial charge in [-0.1, -0.05) is 12.1 Å². The zero-order chi connectivity index (χ0) is 21.0. The number of ether oxygens (including phenoxy) is 1. The number of halogens is 5. The summed E-state index contributed by atoms with van der Waals surface area (Å²) in [6.45, 7) is -0.0793. The normalized spacial score (nSPS) is 12.2. The number of alkyl halides is 3. The van der Waals surface area contributed by atoms with Crippen molar-refractivity contribution >= 4 is 17.0 Å². The monoisotopic (exact) mass is 412 g/mol. The highest BCUT2D eigenvalue weighted by Crippen LogP contribution is 2.29. The highest BCUT2D eigenvalue weighted by molar-refractivity contribution is 5.88. The molecule has 3 rings (SSSR count). The molecule has 0 spiro atoms. The Morgan fingerprint density at radius 3 is 2.59 bits per heavy atom. The van der Waals surface area contributed by atoms with Crippen LogP contribution in [0.15, 0.2) is 42.5 Å². The maximum Gasteiger partial charge on any atom is 0.573 e. The zero-order valence-corrected chi connectivity index (χ0v) is 15.1. The van der Waals surface area contributed by atoms with Gasteiger partial charge in [0.05, 0.1) is 17.8 Å². The molecule has 4 nitrogen and oxygen atoms in total. The largest absolute Gasteiger partial charge is 0.573 e. The number of unbranched alkanes of at least 4 members (excludes halogenated alkanes) is 1. The Balaban J connectivity index is 2.02. The Morgan fingerprint density at radius 1 is 1.10 bits per heavy atom. The van der Waals surface area contributed by atoms with Crippen LogP contribution in [0.4, 0.5) is 22.0 Å². The molecule has 1 heterocycles. The maximum atomic E-state index is 14.0. The van der Waals surface area contributed by atoms with E-state index in [1.54, 1.807) is 12.2 Å². The number of aliphatic hydroxyl groups is 1. The average Bonchev–Trinajstić information content (AvgIpc) is 2.97. The Hall–Kier alpha value is -2.94. The molecule has 0 bridgehead atoms. The molecule has 0 unspecified atom stereocenters. The molecule has 0 atom stereocenters. The van der Waals surface area contributed by atoms with E-state index in [2.05, 4.69) is 9.84 Å². The molecule has 0 aliphatic rings. The van der Waals surface area contributed by atoms with Gasteiger partial charge in [-0.3, -0.25) is 4.68 Å². The summed E-state index contributed by atoms with van der Waals surface area (Å²) in [4.78, 5) is 0. The number of fused-ring (bicyclic) bond motifs is 1. The predicted octanol–water partition coefficient (Wildman–Crippen LogP) is 5.05. The van der Waals surface area contributed by atoms with Crippen LogP contribution in [0.1, 0.15) is 24.1 Å². The highest BCUT2D eigenvalue weighted by atomic mass is 19.4. The number of benzene rings is 2. The number of aromatic nitrogens is 2. The summed E-state index contributed by atoms with van der Waals surface area (Å²) in [7, 11) is 0. The molecule has 0 saturated carbocycles. The van der Waals surface area contributed by atoms with Crippen molar-refractivity contribution in [3.63, 3.8) is 0 Å². The van der Waals surface area contributed by atoms with Gasteiger partial charge in [-0.15, -0.1) is 13.2 Å². The fourth-order valence-electron chi connectivity index (χ4n) is 2.84. The van der Waals surface area contributed by atoms with Gasteiger partial charge >= 0.3 is 6.36 Å². The minimum atomic E-state index is -4.85. The third-order valence-electron chi connectivity index (χ3n) is 4.13. The van der Waals surface area contributed by atoms with Crippen LogP contribution in [0, 0.1) is 11.6 Å². The van der Waals surface area contributed by atoms with Crippen LogP contribution in [0.2, 0.25) is 0 Å². The van der Waals surface area contributed by atoms with Gasteiger partial charge in [-0.2, -0.15) is 5.10 Å². The van der Waals surface area contributed by atoms with E-state index in [9.17, 15) is 22.0 Å². The predicted molar refractivity (Wildman–Crippen MR) is 97.2 cm³/mol. The van der Waals surface area contributed by atoms with Gasteiger partial charge in [0.2, 0.25) is 0 Å². The lowest BCUT2D eigenvalue weighted by Gasteiger charge is -2.10. The van der Waals surface area contributed by atoms with E-state index in [0.29, 0.717) is 29.4 Å². The van der Waals surface area contributed by atoms with E-state index in [4.69, 9.17) is 5.11 Å². The molecule has 1 N–H and O–H groups in total. The molecule has 0 radical (unpaired) electrons. The molecule has 9 heteroatoms. The molecule has 0 aliphatic heterocycles. The second kappa shape index (κ2) is 8.60. The van der Waals surface area contributed by atoms with Gasteiger partial charge in [0.1, 0.15) is 17.4 Å². The smallest absolute Gasteiger partial charge is 0.406 e. The maximum absolute atomic E-state index is 14.0. The van der Waals surface area contributed by atoms with Crippen LogP contribution in [0.5, 0.6) is 5.75 Å². The summed E-state index contributed by atoms with van der Waals surface area (Å²) in [5.41, 5.74) is 0.907. The van der Waals surface area contributed by atoms with Crippen molar-refractivity contribution in [3.8, 4) is 5.75 Å². The van der Waals surface area contributed by atoms with Gasteiger partial charge in [0.25, 0.3) is 0 Å². The van der Waals surface area contributed by atoms with Crippen molar-refractivity contribution in [2.45, 2.75) is 25.7 Å². The second-order valence-electron chi connectivity index (χ2n) is 6.27. The van der Waals surface area contributed by atoms with Crippen LogP contribution < -0.4 is 4.74 Å². The number of hydrogen-bond acceptors (Lipinski definition) is 3. The van der Waals surface area contributed by atoms with E-state index < -0.39 is 23.7 Å². The van der Waals surface area contributed by atoms with Gasteiger partial charge in [0.15, 0.2) is 0 Å². The van der Waals surface area contributed by atoms with Crippen molar-refractivity contribution in [1.82, 2.24) is 9.78 Å². The van der Waals surface area contributed by atoms with Crippen LogP contribution in [-0.2, 0) is 6.54 Å². The third kappa shape index (κ3) is 5.32. The minimum absolute atomic E-state index is 0.0293. The fraction of sp³-hybridized carbons (Fsp3) is 0.250. The summed E-state index contributed by atoms with van der Waals surface area (Å²) >= 11 is 0. The molecule has 0 fully saturated rings. The number of aliphatic hydroxyl groups excluding tert-OH is 1. The molecule has 0 saturated heterocycles. The first-order valence-corrected chi connectivity index (χ1v) is 8.74. The van der Waals surface area contributed by atoms with Crippen LogP contribution in [-0.4, -0.2) is 27.9 Å². The number of nitrogens with zero attached hydrogens (tertiary/aromatic N) is 2. The van der Waals surface area contributed by atoms with Gasteiger partial charge in [-0.25, -0.2) is 8.78 Å². The molecule has 29 heavy (non-hydrogen) atoms. The molecular weight excluding hydrogens is 395 g/mol. The van der Waals surface area contributed by atoms with Gasteiger partial charge in [-0.05, 0) is 37.1 Å². The van der Waals surface area contributed by atoms with Crippen molar-refractivity contribution in [2.24, 2.45) is 0 Å². The summed E-state index contributed by atoms with van der Waals surface area (Å²) in [5, 5.41) is 13.7. The Morgan fingerprint density at radius 2 is 1.90 bits per heavy atom. The van der Waals surface area contributed by atoms with Crippen molar-refractivity contribution in [3.05, 3.63) is 65.4 Å². The second-order valence-corrected chi connectivity index (χ2v) is 6.27. The summed E-state index contributed by atoms with van der Waals surface area (Å²) in [5.74, 6) is -1.94. The first kappa shape index (κ1) is 20.8. The molecule has 154 valence electrons. The summed E-state index contributed by atoms with van der Waals surface area (Å²) < 4.78 is 70.2. The lowest BCUT2D eigenvalue weighted by Crippen LogP contribution is -2.17. The molecule has 1 aromatic heterocycles. The summed E-state index contributed by atoms with van der Waals surface area (Å²) in [6, 6.07) is 6.86. The highest BCUT2D eigenvalue weighted by Gasteiger charge is 2.31.